The molecule has 0 heterocycles. The molecule has 0 radical (unpaired) electrons. The van der Waals surface area contributed by atoms with Crippen molar-refractivity contribution >= 4 is 30.9 Å². The third-order valence-electron chi connectivity index (χ3n) is 12.1. The van der Waals surface area contributed by atoms with Crippen molar-refractivity contribution in [2.45, 2.75) is 187 Å². The van der Waals surface area contributed by atoms with Crippen molar-refractivity contribution in [3.8, 4) is 0 Å². The van der Waals surface area contributed by atoms with Crippen molar-refractivity contribution in [2.24, 2.45) is 17.3 Å². The number of ether oxygens (including phenoxy) is 1. The minimum Gasteiger partial charge on any atom is -0.465 e. The molecule has 0 N–H and O–H groups in total. The topological polar surface area (TPSA) is 54.0 Å². The SMILES string of the molecule is CC(CCOC(=O)[C@H]1CC[C@H]2/C(=C/C=C3C[C@@H](O[Si](C)(C)C(C)(C)C)C[C@H](O[Si](C)(C)C(C)(C)C)C3)CCC[C@]12C)O[Si](C)(C)C. The van der Waals surface area contributed by atoms with Crippen molar-refractivity contribution < 1.29 is 22.8 Å². The van der Waals surface area contributed by atoms with E-state index in [0.717, 1.165) is 57.8 Å². The number of allylic oxidation sites excluding steroid dienone is 3. The van der Waals surface area contributed by atoms with Crippen molar-refractivity contribution in [1.82, 2.24) is 0 Å². The van der Waals surface area contributed by atoms with Gasteiger partial charge < -0.3 is 18.0 Å². The first-order chi connectivity index (χ1) is 20.8. The van der Waals surface area contributed by atoms with Gasteiger partial charge in [0.05, 0.1) is 24.7 Å². The summed E-state index contributed by atoms with van der Waals surface area (Å²) in [4.78, 5) is 13.4. The van der Waals surface area contributed by atoms with Crippen LogP contribution in [0.3, 0.4) is 0 Å². The highest BCUT2D eigenvalue weighted by atomic mass is 28.4. The predicted octanol–water partition coefficient (Wildman–Crippen LogP) is 11.2. The lowest BCUT2D eigenvalue weighted by atomic mass is 9.63. The van der Waals surface area contributed by atoms with Crippen LogP contribution in [-0.2, 0) is 22.8 Å². The molecule has 0 spiro atoms. The molecule has 3 rings (SSSR count). The van der Waals surface area contributed by atoms with Gasteiger partial charge in [-0.3, -0.25) is 4.79 Å². The van der Waals surface area contributed by atoms with E-state index >= 15 is 0 Å². The van der Waals surface area contributed by atoms with Gasteiger partial charge in [0.15, 0.2) is 25.0 Å². The van der Waals surface area contributed by atoms with Crippen LogP contribution in [0.1, 0.15) is 113 Å². The van der Waals surface area contributed by atoms with Gasteiger partial charge in [-0.1, -0.05) is 71.8 Å². The number of carbonyl (C=O) groups is 1. The smallest absolute Gasteiger partial charge is 0.309 e. The maximum Gasteiger partial charge on any atom is 0.309 e. The summed E-state index contributed by atoms with van der Waals surface area (Å²) < 4.78 is 26.2. The molecular weight excluding hydrogens is 621 g/mol. The number of rotatable bonds is 11. The van der Waals surface area contributed by atoms with Crippen LogP contribution in [0.25, 0.3) is 0 Å². The summed E-state index contributed by atoms with van der Waals surface area (Å²) in [5.41, 5.74) is 2.97. The summed E-state index contributed by atoms with van der Waals surface area (Å²) >= 11 is 0. The molecule has 0 aromatic rings. The Bertz CT molecular complexity index is 1070. The lowest BCUT2D eigenvalue weighted by molar-refractivity contribution is -0.153. The van der Waals surface area contributed by atoms with E-state index in [2.05, 4.69) is 113 Å². The molecule has 0 aromatic heterocycles. The summed E-state index contributed by atoms with van der Waals surface area (Å²) in [7, 11) is -5.42. The van der Waals surface area contributed by atoms with E-state index < -0.39 is 25.0 Å². The Kier molecular flexibility index (Phi) is 12.8. The summed E-state index contributed by atoms with van der Waals surface area (Å²) in [5, 5.41) is 0.359. The van der Waals surface area contributed by atoms with Crippen LogP contribution >= 0.6 is 0 Å². The van der Waals surface area contributed by atoms with Crippen LogP contribution in [0.2, 0.25) is 55.9 Å². The zero-order valence-corrected chi connectivity index (χ0v) is 35.7. The first-order valence-corrected chi connectivity index (χ1v) is 27.7. The van der Waals surface area contributed by atoms with E-state index in [9.17, 15) is 4.79 Å². The summed E-state index contributed by atoms with van der Waals surface area (Å²) in [5.74, 6) is 0.446. The number of fused-ring (bicyclic) bond motifs is 1. The van der Waals surface area contributed by atoms with Crippen LogP contribution in [-0.4, -0.2) is 55.8 Å². The largest absolute Gasteiger partial charge is 0.465 e. The minimum atomic E-state index is -1.91. The molecule has 6 atom stereocenters. The second kappa shape index (κ2) is 14.8. The third kappa shape index (κ3) is 10.3. The Morgan fingerprint density at radius 2 is 1.43 bits per heavy atom. The Balaban J connectivity index is 1.76. The maximum absolute atomic E-state index is 13.4. The molecular formula is C38H72O5Si3. The molecule has 0 amide bonds. The molecule has 266 valence electrons. The molecule has 46 heavy (non-hydrogen) atoms. The zero-order valence-electron chi connectivity index (χ0n) is 32.7. The monoisotopic (exact) mass is 692 g/mol. The summed E-state index contributed by atoms with van der Waals surface area (Å²) in [6.07, 6.45) is 14.5. The lowest BCUT2D eigenvalue weighted by Gasteiger charge is -2.45. The lowest BCUT2D eigenvalue weighted by Crippen LogP contribution is -2.48. The van der Waals surface area contributed by atoms with Crippen molar-refractivity contribution in [3.05, 3.63) is 23.3 Å². The van der Waals surface area contributed by atoms with Gasteiger partial charge in [-0.15, -0.1) is 0 Å². The van der Waals surface area contributed by atoms with Crippen LogP contribution in [0.15, 0.2) is 23.3 Å². The molecule has 8 heteroatoms. The fraction of sp³-hybridized carbons (Fsp3) is 0.868. The molecule has 0 aliphatic heterocycles. The average Bonchev–Trinajstić information content (AvgIpc) is 3.22. The van der Waals surface area contributed by atoms with Gasteiger partial charge >= 0.3 is 5.97 Å². The van der Waals surface area contributed by atoms with Gasteiger partial charge in [0.1, 0.15) is 0 Å². The number of hydrogen-bond acceptors (Lipinski definition) is 5. The van der Waals surface area contributed by atoms with Crippen LogP contribution in [0.5, 0.6) is 0 Å². The van der Waals surface area contributed by atoms with E-state index in [1.54, 1.807) is 0 Å². The van der Waals surface area contributed by atoms with Crippen LogP contribution in [0, 0.1) is 17.3 Å². The zero-order chi connectivity index (χ0) is 34.9. The normalized spacial score (nSPS) is 29.9. The first-order valence-electron chi connectivity index (χ1n) is 18.4. The van der Waals surface area contributed by atoms with E-state index in [4.69, 9.17) is 18.0 Å². The van der Waals surface area contributed by atoms with Crippen molar-refractivity contribution in [2.75, 3.05) is 6.61 Å². The Hall–Kier alpha value is -0.519. The van der Waals surface area contributed by atoms with E-state index in [1.165, 1.54) is 11.1 Å². The molecule has 5 nitrogen and oxygen atoms in total. The third-order valence-corrected chi connectivity index (χ3v) is 22.3. The molecule has 0 aromatic carbocycles. The number of esters is 1. The quantitative estimate of drug-likeness (QED) is 0.159. The van der Waals surface area contributed by atoms with E-state index in [1.807, 2.05) is 0 Å². The van der Waals surface area contributed by atoms with E-state index in [0.29, 0.717) is 12.5 Å². The highest BCUT2D eigenvalue weighted by Gasteiger charge is 2.53. The molecule has 3 aliphatic rings. The van der Waals surface area contributed by atoms with Gasteiger partial charge in [-0.2, -0.15) is 0 Å². The van der Waals surface area contributed by atoms with Gasteiger partial charge in [0.2, 0.25) is 0 Å². The Morgan fingerprint density at radius 1 is 0.891 bits per heavy atom. The molecule has 3 aliphatic carbocycles. The fourth-order valence-corrected chi connectivity index (χ4v) is 11.6. The summed E-state index contributed by atoms with van der Waals surface area (Å²) in [6.45, 7) is 35.0. The van der Waals surface area contributed by atoms with Gasteiger partial charge in [0.25, 0.3) is 0 Å². The maximum atomic E-state index is 13.4. The van der Waals surface area contributed by atoms with Crippen LogP contribution < -0.4 is 0 Å². The van der Waals surface area contributed by atoms with Crippen molar-refractivity contribution in [1.29, 1.82) is 0 Å². The standard InChI is InChI=1S/C38H72O5Si3/c1-28(41-44(9,10)11)22-24-40-35(39)34-21-20-33-30(17-16-23-38(33,34)8)19-18-29-25-31(42-45(12,13)36(2,3)4)27-32(26-29)43-46(14,15)37(5,6)7/h18-19,28,31-34H,16-17,20-27H2,1-15H3/b30-19+/t28?,31-,32-,33+,34-,38+/m1/s1. The second-order valence-corrected chi connectivity index (χ2v) is 33.2. The number of carbonyl (C=O) groups excluding carboxylic acids is 1. The average molecular weight is 693 g/mol. The Labute approximate surface area is 287 Å². The molecule has 0 bridgehead atoms. The molecule has 0 saturated heterocycles. The van der Waals surface area contributed by atoms with Gasteiger partial charge in [0, 0.05) is 12.5 Å². The van der Waals surface area contributed by atoms with Crippen molar-refractivity contribution in [3.63, 3.8) is 0 Å². The summed E-state index contributed by atoms with van der Waals surface area (Å²) in [6, 6.07) is 0. The highest BCUT2D eigenvalue weighted by molar-refractivity contribution is 6.74. The molecule has 1 unspecified atom stereocenters. The van der Waals surface area contributed by atoms with Crippen LogP contribution in [0.4, 0.5) is 0 Å². The predicted molar refractivity (Wildman–Crippen MR) is 202 cm³/mol. The number of hydrogen-bond donors (Lipinski definition) is 0. The van der Waals surface area contributed by atoms with E-state index in [-0.39, 0.29) is 45.7 Å². The van der Waals surface area contributed by atoms with Gasteiger partial charge in [-0.25, -0.2) is 0 Å². The molecule has 3 fully saturated rings. The first kappa shape index (κ1) is 39.9. The highest BCUT2D eigenvalue weighted by Crippen LogP contribution is 2.57. The van der Waals surface area contributed by atoms with Gasteiger partial charge in [-0.05, 0) is 126 Å². The minimum absolute atomic E-state index is 0.00771. The Morgan fingerprint density at radius 3 is 1.93 bits per heavy atom. The molecule has 3 saturated carbocycles. The fourth-order valence-electron chi connectivity index (χ4n) is 7.57. The second-order valence-electron chi connectivity index (χ2n) is 19.2.